The van der Waals surface area contributed by atoms with E-state index in [2.05, 4.69) is 15.1 Å². The van der Waals surface area contributed by atoms with E-state index in [0.29, 0.717) is 5.78 Å². The van der Waals surface area contributed by atoms with Gasteiger partial charge in [-0.3, -0.25) is 4.79 Å². The quantitative estimate of drug-likeness (QED) is 0.728. The van der Waals surface area contributed by atoms with Crippen molar-refractivity contribution < 1.29 is 0 Å². The Morgan fingerprint density at radius 3 is 2.86 bits per heavy atom. The lowest BCUT2D eigenvalue weighted by Crippen LogP contribution is -2.22. The van der Waals surface area contributed by atoms with Crippen LogP contribution in [-0.4, -0.2) is 19.6 Å². The number of hydrogen-bond acceptors (Lipinski definition) is 3. The van der Waals surface area contributed by atoms with Crippen molar-refractivity contribution in [1.29, 1.82) is 0 Å². The van der Waals surface area contributed by atoms with E-state index >= 15 is 0 Å². The summed E-state index contributed by atoms with van der Waals surface area (Å²) in [6.07, 6.45) is 1.37. The highest BCUT2D eigenvalue weighted by Crippen LogP contribution is 2.12. The van der Waals surface area contributed by atoms with Crippen LogP contribution in [0.15, 0.2) is 11.1 Å². The van der Waals surface area contributed by atoms with Gasteiger partial charge in [-0.05, 0) is 12.8 Å². The highest BCUT2D eigenvalue weighted by Gasteiger charge is 2.12. The Balaban J connectivity index is 2.90. The highest BCUT2D eigenvalue weighted by atomic mass is 16.1. The molecule has 74 valence electrons. The van der Waals surface area contributed by atoms with Gasteiger partial charge in [-0.25, -0.2) is 0 Å². The molecule has 2 aromatic heterocycles. The molecule has 0 bridgehead atoms. The van der Waals surface area contributed by atoms with Crippen molar-refractivity contribution in [2.24, 2.45) is 0 Å². The Hall–Kier alpha value is -1.65. The number of aromatic nitrogens is 4. The molecule has 0 spiro atoms. The van der Waals surface area contributed by atoms with Gasteiger partial charge in [0, 0.05) is 11.3 Å². The van der Waals surface area contributed by atoms with Crippen LogP contribution in [-0.2, 0) is 0 Å². The monoisotopic (exact) mass is 192 g/mol. The second-order valence-corrected chi connectivity index (χ2v) is 3.62. The first-order valence-electron chi connectivity index (χ1n) is 4.53. The van der Waals surface area contributed by atoms with Gasteiger partial charge >= 0.3 is 0 Å². The summed E-state index contributed by atoms with van der Waals surface area (Å²) in [5, 5.41) is 3.86. The van der Waals surface area contributed by atoms with Gasteiger partial charge in [0.1, 0.15) is 6.33 Å². The molecule has 14 heavy (non-hydrogen) atoms. The molecule has 0 aliphatic carbocycles. The zero-order chi connectivity index (χ0) is 10.3. The molecule has 0 atom stereocenters. The Morgan fingerprint density at radius 2 is 2.21 bits per heavy atom. The second kappa shape index (κ2) is 2.94. The summed E-state index contributed by atoms with van der Waals surface area (Å²) in [7, 11) is 0. The first-order chi connectivity index (χ1) is 6.61. The molecule has 0 unspecified atom stereocenters. The smallest absolute Gasteiger partial charge is 0.279 e. The molecule has 0 aliphatic rings. The number of nitrogens with one attached hydrogen (secondary N) is 1. The standard InChI is InChI=1S/C9H12N4O/c1-5(2)7-6(3)12-9-10-4-11-13(9)8(7)14/h4-5H,1-3H3,(H,10,11,12). The van der Waals surface area contributed by atoms with Crippen LogP contribution in [0, 0.1) is 6.92 Å². The Kier molecular flexibility index (Phi) is 1.87. The molecule has 2 aromatic rings. The van der Waals surface area contributed by atoms with E-state index in [1.54, 1.807) is 0 Å². The van der Waals surface area contributed by atoms with Gasteiger partial charge in [-0.2, -0.15) is 14.6 Å². The van der Waals surface area contributed by atoms with Crippen LogP contribution in [0.2, 0.25) is 0 Å². The van der Waals surface area contributed by atoms with Crippen molar-refractivity contribution in [2.75, 3.05) is 0 Å². The molecule has 2 heterocycles. The molecule has 2 rings (SSSR count). The van der Waals surface area contributed by atoms with Crippen molar-refractivity contribution in [1.82, 2.24) is 19.6 Å². The molecule has 0 aromatic carbocycles. The van der Waals surface area contributed by atoms with Crippen LogP contribution in [0.5, 0.6) is 0 Å². The van der Waals surface area contributed by atoms with E-state index in [9.17, 15) is 4.79 Å². The van der Waals surface area contributed by atoms with E-state index in [1.807, 2.05) is 20.8 Å². The third-order valence-corrected chi connectivity index (χ3v) is 2.25. The summed E-state index contributed by atoms with van der Waals surface area (Å²) in [5.41, 5.74) is 1.55. The Labute approximate surface area is 80.8 Å². The lowest BCUT2D eigenvalue weighted by atomic mass is 10.0. The SMILES string of the molecule is Cc1[nH]c2ncnn2c(=O)c1C(C)C. The van der Waals surface area contributed by atoms with Crippen molar-refractivity contribution >= 4 is 5.78 Å². The summed E-state index contributed by atoms with van der Waals surface area (Å²) in [4.78, 5) is 18.9. The first-order valence-corrected chi connectivity index (χ1v) is 4.53. The minimum absolute atomic E-state index is 0.0799. The molecule has 5 nitrogen and oxygen atoms in total. The summed E-state index contributed by atoms with van der Waals surface area (Å²) in [5.74, 6) is 0.684. The number of aromatic amines is 1. The lowest BCUT2D eigenvalue weighted by Gasteiger charge is -2.07. The fraction of sp³-hybridized carbons (Fsp3) is 0.444. The van der Waals surface area contributed by atoms with Gasteiger partial charge in [0.15, 0.2) is 0 Å². The third-order valence-electron chi connectivity index (χ3n) is 2.25. The summed E-state index contributed by atoms with van der Waals surface area (Å²) >= 11 is 0. The maximum Gasteiger partial charge on any atom is 0.279 e. The normalized spacial score (nSPS) is 11.4. The molecule has 0 saturated carbocycles. The topological polar surface area (TPSA) is 63.1 Å². The summed E-state index contributed by atoms with van der Waals surface area (Å²) in [6.45, 7) is 5.85. The van der Waals surface area contributed by atoms with Gasteiger partial charge in [0.05, 0.1) is 0 Å². The number of fused-ring (bicyclic) bond motifs is 1. The van der Waals surface area contributed by atoms with Crippen LogP contribution in [0.3, 0.4) is 0 Å². The molecule has 1 N–H and O–H groups in total. The van der Waals surface area contributed by atoms with Crippen molar-refractivity contribution in [3.63, 3.8) is 0 Å². The predicted molar refractivity (Wildman–Crippen MR) is 52.4 cm³/mol. The molecule has 0 fully saturated rings. The van der Waals surface area contributed by atoms with E-state index in [1.165, 1.54) is 10.8 Å². The van der Waals surface area contributed by atoms with Crippen LogP contribution < -0.4 is 5.56 Å². The first kappa shape index (κ1) is 8.93. The van der Waals surface area contributed by atoms with E-state index < -0.39 is 0 Å². The van der Waals surface area contributed by atoms with Crippen LogP contribution in [0.25, 0.3) is 5.78 Å². The molecule has 0 radical (unpaired) electrons. The Bertz CT molecular complexity index is 523. The van der Waals surface area contributed by atoms with Crippen LogP contribution in [0.1, 0.15) is 31.0 Å². The summed E-state index contributed by atoms with van der Waals surface area (Å²) in [6, 6.07) is 0. The second-order valence-electron chi connectivity index (χ2n) is 3.62. The van der Waals surface area contributed by atoms with Gasteiger partial charge in [-0.15, -0.1) is 0 Å². The van der Waals surface area contributed by atoms with Crippen LogP contribution >= 0.6 is 0 Å². The fourth-order valence-corrected chi connectivity index (χ4v) is 1.66. The number of rotatable bonds is 1. The van der Waals surface area contributed by atoms with Gasteiger partial charge in [-0.1, -0.05) is 13.8 Å². The number of nitrogens with zero attached hydrogens (tertiary/aromatic N) is 3. The largest absolute Gasteiger partial charge is 0.328 e. The van der Waals surface area contributed by atoms with E-state index in [-0.39, 0.29) is 11.5 Å². The number of H-pyrrole nitrogens is 1. The van der Waals surface area contributed by atoms with Crippen LogP contribution in [0.4, 0.5) is 0 Å². The molecule has 5 heteroatoms. The lowest BCUT2D eigenvalue weighted by molar-refractivity contribution is 0.779. The van der Waals surface area contributed by atoms with Crippen molar-refractivity contribution in [3.8, 4) is 0 Å². The van der Waals surface area contributed by atoms with Gasteiger partial charge < -0.3 is 4.98 Å². The van der Waals surface area contributed by atoms with Crippen molar-refractivity contribution in [3.05, 3.63) is 27.9 Å². The minimum atomic E-state index is -0.0799. The third kappa shape index (κ3) is 1.13. The summed E-state index contributed by atoms with van der Waals surface area (Å²) < 4.78 is 1.29. The molecule has 0 saturated heterocycles. The van der Waals surface area contributed by atoms with Gasteiger partial charge in [0.2, 0.25) is 5.78 Å². The Morgan fingerprint density at radius 1 is 1.50 bits per heavy atom. The van der Waals surface area contributed by atoms with Crippen molar-refractivity contribution in [2.45, 2.75) is 26.7 Å². The minimum Gasteiger partial charge on any atom is -0.328 e. The average molecular weight is 192 g/mol. The number of hydrogen-bond donors (Lipinski definition) is 1. The molecular formula is C9H12N4O. The number of aryl methyl sites for hydroxylation is 1. The van der Waals surface area contributed by atoms with E-state index in [0.717, 1.165) is 11.3 Å². The maximum absolute atomic E-state index is 11.9. The predicted octanol–water partition coefficient (Wildman–Crippen LogP) is 0.849. The average Bonchev–Trinajstić information content (AvgIpc) is 2.50. The zero-order valence-corrected chi connectivity index (χ0v) is 8.40. The highest BCUT2D eigenvalue weighted by molar-refractivity contribution is 5.31. The molecule has 0 amide bonds. The molecule has 0 aliphatic heterocycles. The molecular weight excluding hydrogens is 180 g/mol. The van der Waals surface area contributed by atoms with Gasteiger partial charge in [0.25, 0.3) is 5.56 Å². The fourth-order valence-electron chi connectivity index (χ4n) is 1.66. The maximum atomic E-state index is 11.9. The van der Waals surface area contributed by atoms with E-state index in [4.69, 9.17) is 0 Å². The zero-order valence-electron chi connectivity index (χ0n) is 8.40.